The predicted molar refractivity (Wildman–Crippen MR) is 135 cm³/mol. The quantitative estimate of drug-likeness (QED) is 0.494. The average Bonchev–Trinajstić information content (AvgIpc) is 3.45. The molecule has 0 aliphatic heterocycles. The van der Waals surface area contributed by atoms with Crippen molar-refractivity contribution >= 4 is 11.8 Å². The Kier molecular flexibility index (Phi) is 7.01. The van der Waals surface area contributed by atoms with E-state index in [1.165, 1.54) is 25.7 Å². The third kappa shape index (κ3) is 4.98. The van der Waals surface area contributed by atoms with E-state index < -0.39 is 5.82 Å². The van der Waals surface area contributed by atoms with Crippen LogP contribution in [0, 0.1) is 34.9 Å². The molecule has 4 aliphatic carbocycles. The van der Waals surface area contributed by atoms with Crippen molar-refractivity contribution in [3.05, 3.63) is 35.7 Å². The highest BCUT2D eigenvalue weighted by molar-refractivity contribution is 5.98. The third-order valence-electron chi connectivity index (χ3n) is 9.06. The van der Waals surface area contributed by atoms with E-state index in [0.717, 1.165) is 44.9 Å². The van der Waals surface area contributed by atoms with Gasteiger partial charge in [0.2, 0.25) is 5.91 Å². The Hall–Kier alpha value is -2.57. The first-order valence-electron chi connectivity index (χ1n) is 13.6. The Labute approximate surface area is 213 Å². The Morgan fingerprint density at radius 2 is 1.81 bits per heavy atom. The molecule has 36 heavy (non-hydrogen) atoms. The normalized spacial score (nSPS) is 32.0. The lowest BCUT2D eigenvalue weighted by molar-refractivity contribution is -0.127. The van der Waals surface area contributed by atoms with Crippen LogP contribution in [-0.4, -0.2) is 37.6 Å². The number of hydrogen-bond donors (Lipinski definition) is 2. The zero-order chi connectivity index (χ0) is 25.4. The molecule has 0 spiro atoms. The van der Waals surface area contributed by atoms with Gasteiger partial charge in [0.15, 0.2) is 11.6 Å². The molecule has 2 N–H and O–H groups in total. The summed E-state index contributed by atoms with van der Waals surface area (Å²) >= 11 is 0. The van der Waals surface area contributed by atoms with E-state index in [-0.39, 0.29) is 64.2 Å². The number of halogens is 1. The molecule has 2 bridgehead atoms. The summed E-state index contributed by atoms with van der Waals surface area (Å²) in [5, 5.41) is 6.27. The van der Waals surface area contributed by atoms with Crippen molar-refractivity contribution < 1.29 is 23.5 Å². The van der Waals surface area contributed by atoms with Gasteiger partial charge < -0.3 is 20.1 Å². The van der Waals surface area contributed by atoms with E-state index in [2.05, 4.69) is 36.6 Å². The molecule has 4 aliphatic rings. The minimum Gasteiger partial charge on any atom is -0.496 e. The molecular weight excluding hydrogens is 459 g/mol. The van der Waals surface area contributed by atoms with Crippen LogP contribution in [0.5, 0.6) is 11.5 Å². The van der Waals surface area contributed by atoms with E-state index in [1.54, 1.807) is 0 Å². The van der Waals surface area contributed by atoms with Gasteiger partial charge in [-0.2, -0.15) is 0 Å². The zero-order valence-corrected chi connectivity index (χ0v) is 21.6. The topological polar surface area (TPSA) is 76.7 Å². The Bertz CT molecular complexity index is 1030. The second-order valence-corrected chi connectivity index (χ2v) is 11.8. The summed E-state index contributed by atoms with van der Waals surface area (Å²) in [6.45, 7) is 5.11. The molecule has 0 unspecified atom stereocenters. The lowest BCUT2D eigenvalue weighted by Crippen LogP contribution is -2.50. The highest BCUT2D eigenvalue weighted by atomic mass is 19.1. The maximum Gasteiger partial charge on any atom is 0.255 e. The Morgan fingerprint density at radius 3 is 2.47 bits per heavy atom. The number of fused-ring (bicyclic) bond motifs is 2. The number of allylic oxidation sites excluding steroid dienone is 1. The van der Waals surface area contributed by atoms with E-state index in [4.69, 9.17) is 9.47 Å². The highest BCUT2D eigenvalue weighted by Crippen LogP contribution is 2.45. The number of carbonyl (C=O) groups is 2. The van der Waals surface area contributed by atoms with Crippen LogP contribution in [0.2, 0.25) is 0 Å². The summed E-state index contributed by atoms with van der Waals surface area (Å²) in [7, 11) is 1.42. The minimum atomic E-state index is -0.536. The summed E-state index contributed by atoms with van der Waals surface area (Å²) in [4.78, 5) is 26.7. The molecule has 2 amide bonds. The van der Waals surface area contributed by atoms with Gasteiger partial charge >= 0.3 is 0 Å². The fourth-order valence-corrected chi connectivity index (χ4v) is 6.48. The minimum absolute atomic E-state index is 0.00638. The number of rotatable bonds is 8. The van der Waals surface area contributed by atoms with Crippen molar-refractivity contribution in [2.24, 2.45) is 29.1 Å². The maximum absolute atomic E-state index is 14.8. The second-order valence-electron chi connectivity index (χ2n) is 11.8. The van der Waals surface area contributed by atoms with Gasteiger partial charge in [0, 0.05) is 18.7 Å². The molecule has 4 atom stereocenters. The first-order chi connectivity index (χ1) is 17.3. The van der Waals surface area contributed by atoms with Crippen LogP contribution in [0.25, 0.3) is 0 Å². The molecular formula is C29H39FN2O4. The zero-order valence-electron chi connectivity index (χ0n) is 21.6. The van der Waals surface area contributed by atoms with Gasteiger partial charge in [-0.05, 0) is 74.2 Å². The van der Waals surface area contributed by atoms with Gasteiger partial charge in [-0.25, -0.2) is 4.39 Å². The predicted octanol–water partition coefficient (Wildman–Crippen LogP) is 5.02. The summed E-state index contributed by atoms with van der Waals surface area (Å²) in [6.07, 6.45) is 12.4. The van der Waals surface area contributed by atoms with Crippen LogP contribution in [0.3, 0.4) is 0 Å². The Morgan fingerprint density at radius 1 is 1.08 bits per heavy atom. The van der Waals surface area contributed by atoms with Crippen LogP contribution in [0.15, 0.2) is 24.3 Å². The van der Waals surface area contributed by atoms with Crippen molar-refractivity contribution in [1.82, 2.24) is 10.6 Å². The Balaban J connectivity index is 1.30. The molecule has 3 saturated carbocycles. The summed E-state index contributed by atoms with van der Waals surface area (Å²) in [5.74, 6) is -0.0770. The smallest absolute Gasteiger partial charge is 0.255 e. The molecule has 1 aromatic rings. The largest absolute Gasteiger partial charge is 0.496 e. The van der Waals surface area contributed by atoms with Gasteiger partial charge in [-0.15, -0.1) is 0 Å². The van der Waals surface area contributed by atoms with Gasteiger partial charge in [-0.3, -0.25) is 9.59 Å². The van der Waals surface area contributed by atoms with Crippen molar-refractivity contribution in [2.45, 2.75) is 77.4 Å². The molecule has 0 radical (unpaired) electrons. The number of amides is 2. The summed E-state index contributed by atoms with van der Waals surface area (Å²) in [5.41, 5.74) is 0.418. The van der Waals surface area contributed by atoms with Crippen LogP contribution in [0.1, 0.15) is 75.6 Å². The molecule has 6 nitrogen and oxygen atoms in total. The molecule has 7 heteroatoms. The molecule has 196 valence electrons. The number of methoxy groups -OCH3 is 1. The first kappa shape index (κ1) is 25.1. The van der Waals surface area contributed by atoms with E-state index in [0.29, 0.717) is 12.5 Å². The molecule has 5 rings (SSSR count). The van der Waals surface area contributed by atoms with Gasteiger partial charge in [0.25, 0.3) is 5.91 Å². The second kappa shape index (κ2) is 10.1. The average molecular weight is 499 g/mol. The van der Waals surface area contributed by atoms with E-state index >= 15 is 0 Å². The lowest BCUT2D eigenvalue weighted by atomic mass is 9.70. The highest BCUT2D eigenvalue weighted by Gasteiger charge is 2.49. The van der Waals surface area contributed by atoms with Crippen molar-refractivity contribution in [1.29, 1.82) is 0 Å². The van der Waals surface area contributed by atoms with Crippen LogP contribution >= 0.6 is 0 Å². The number of nitrogens with one attached hydrogen (secondary N) is 2. The van der Waals surface area contributed by atoms with Gasteiger partial charge in [-0.1, -0.05) is 32.4 Å². The van der Waals surface area contributed by atoms with Gasteiger partial charge in [0.05, 0.1) is 24.7 Å². The number of benzene rings is 1. The SMILES string of the molecule is COc1cc(F)c(O[C@H]2CC[C@H](C)CC2)cc1C(=O)N[C@H]1[C@@H](C(=O)NCC2(C)CCC2)[C@@H]2C=C[C@H]1C2. The monoisotopic (exact) mass is 498 g/mol. The lowest BCUT2D eigenvalue weighted by Gasteiger charge is -2.39. The van der Waals surface area contributed by atoms with E-state index in [9.17, 15) is 14.0 Å². The first-order valence-corrected chi connectivity index (χ1v) is 13.6. The fourth-order valence-electron chi connectivity index (χ4n) is 6.48. The third-order valence-corrected chi connectivity index (χ3v) is 9.06. The molecule has 3 fully saturated rings. The number of ether oxygens (including phenoxy) is 2. The number of hydrogen-bond acceptors (Lipinski definition) is 4. The van der Waals surface area contributed by atoms with Crippen molar-refractivity contribution in [3.63, 3.8) is 0 Å². The van der Waals surface area contributed by atoms with Crippen molar-refractivity contribution in [3.8, 4) is 11.5 Å². The van der Waals surface area contributed by atoms with E-state index in [1.807, 2.05) is 0 Å². The standard InChI is InChI=1S/C29H39FN2O4/c1-17-5-9-20(10-6-17)36-24-14-21(23(35-3)15-22(24)30)27(33)32-26-19-8-7-18(13-19)25(26)28(34)31-16-29(2)11-4-12-29/h7-8,14-15,17-20,25-26H,4-6,9-13,16H2,1-3H3,(H,31,34)(H,32,33)/t17-,18-,19+,20-,25+,26-/m1/s1. The summed E-state index contributed by atoms with van der Waals surface area (Å²) in [6, 6.07) is 2.37. The van der Waals surface area contributed by atoms with Crippen LogP contribution in [-0.2, 0) is 4.79 Å². The fraction of sp³-hybridized carbons (Fsp3) is 0.655. The van der Waals surface area contributed by atoms with Gasteiger partial charge in [0.1, 0.15) is 5.75 Å². The van der Waals surface area contributed by atoms with Crippen LogP contribution in [0.4, 0.5) is 4.39 Å². The van der Waals surface area contributed by atoms with Crippen molar-refractivity contribution in [2.75, 3.05) is 13.7 Å². The van der Waals surface area contributed by atoms with Crippen LogP contribution < -0.4 is 20.1 Å². The molecule has 0 saturated heterocycles. The molecule has 0 heterocycles. The maximum atomic E-state index is 14.8. The molecule has 1 aromatic carbocycles. The summed E-state index contributed by atoms with van der Waals surface area (Å²) < 4.78 is 26.2. The molecule has 0 aromatic heterocycles. The number of carbonyl (C=O) groups excluding carboxylic acids is 2.